The lowest BCUT2D eigenvalue weighted by atomic mass is 9.95. The fourth-order valence-corrected chi connectivity index (χ4v) is 3.20. The minimum atomic E-state index is -4.44. The molecule has 2 rings (SSSR count). The van der Waals surface area contributed by atoms with Gasteiger partial charge in [0.25, 0.3) is 0 Å². The van der Waals surface area contributed by atoms with E-state index < -0.39 is 17.8 Å². The molecular formula is C23H29F3NO. The Morgan fingerprint density at radius 1 is 0.893 bits per heavy atom. The van der Waals surface area contributed by atoms with Gasteiger partial charge in [-0.15, -0.1) is 0 Å². The van der Waals surface area contributed by atoms with Gasteiger partial charge in [0.1, 0.15) is 5.75 Å². The van der Waals surface area contributed by atoms with Crippen molar-refractivity contribution in [2.75, 3.05) is 6.61 Å². The Hall–Kier alpha value is -2.01. The van der Waals surface area contributed by atoms with Gasteiger partial charge >= 0.3 is 6.18 Å². The molecular weight excluding hydrogens is 363 g/mol. The van der Waals surface area contributed by atoms with Gasteiger partial charge in [-0.25, -0.2) is 5.73 Å². The van der Waals surface area contributed by atoms with Crippen molar-refractivity contribution in [1.82, 2.24) is 5.73 Å². The third-order valence-electron chi connectivity index (χ3n) is 4.77. The lowest BCUT2D eigenvalue weighted by Gasteiger charge is -2.18. The molecule has 0 aliphatic carbocycles. The van der Waals surface area contributed by atoms with Crippen molar-refractivity contribution < 1.29 is 17.9 Å². The SMILES string of the molecule is CCCCCCCCOc1ccc(CC([NH])c2ccccc2C(F)(F)F)cc1. The summed E-state index contributed by atoms with van der Waals surface area (Å²) in [5.74, 6) is 0.759. The van der Waals surface area contributed by atoms with Crippen molar-refractivity contribution in [1.29, 1.82) is 0 Å². The van der Waals surface area contributed by atoms with Gasteiger partial charge in [-0.1, -0.05) is 69.4 Å². The number of nitrogens with one attached hydrogen (secondary N) is 1. The molecule has 1 N–H and O–H groups in total. The van der Waals surface area contributed by atoms with E-state index in [2.05, 4.69) is 6.92 Å². The fraction of sp³-hybridized carbons (Fsp3) is 0.478. The molecule has 2 nitrogen and oxygen atoms in total. The number of benzene rings is 2. The summed E-state index contributed by atoms with van der Waals surface area (Å²) in [6, 6.07) is 11.7. The smallest absolute Gasteiger partial charge is 0.416 e. The summed E-state index contributed by atoms with van der Waals surface area (Å²) in [5.41, 5.74) is 8.31. The van der Waals surface area contributed by atoms with Gasteiger partial charge < -0.3 is 4.74 Å². The molecule has 1 atom stereocenters. The predicted molar refractivity (Wildman–Crippen MR) is 106 cm³/mol. The topological polar surface area (TPSA) is 33.0 Å². The van der Waals surface area contributed by atoms with E-state index in [1.165, 1.54) is 37.8 Å². The second kappa shape index (κ2) is 11.1. The van der Waals surface area contributed by atoms with Crippen LogP contribution in [0, 0.1) is 0 Å². The van der Waals surface area contributed by atoms with Gasteiger partial charge in [0.05, 0.1) is 18.2 Å². The van der Waals surface area contributed by atoms with E-state index in [0.717, 1.165) is 30.2 Å². The molecule has 1 radical (unpaired) electrons. The second-order valence-corrected chi connectivity index (χ2v) is 7.10. The minimum Gasteiger partial charge on any atom is -0.494 e. The average molecular weight is 392 g/mol. The number of halogens is 3. The lowest BCUT2D eigenvalue weighted by Crippen LogP contribution is -2.14. The number of hydrogen-bond acceptors (Lipinski definition) is 1. The van der Waals surface area contributed by atoms with E-state index in [4.69, 9.17) is 10.5 Å². The van der Waals surface area contributed by atoms with Crippen molar-refractivity contribution in [2.24, 2.45) is 0 Å². The first kappa shape index (κ1) is 22.3. The normalized spacial score (nSPS) is 12.8. The molecule has 5 heteroatoms. The van der Waals surface area contributed by atoms with Crippen molar-refractivity contribution in [3.05, 3.63) is 65.2 Å². The maximum absolute atomic E-state index is 13.1. The third kappa shape index (κ3) is 7.19. The number of unbranched alkanes of at least 4 members (excludes halogenated alkanes) is 5. The highest BCUT2D eigenvalue weighted by atomic mass is 19.4. The summed E-state index contributed by atoms with van der Waals surface area (Å²) >= 11 is 0. The van der Waals surface area contributed by atoms with Crippen molar-refractivity contribution in [3.8, 4) is 5.75 Å². The standard InChI is InChI=1S/C23H29F3NO/c1-2-3-4-5-6-9-16-28-19-14-12-18(13-15-19)17-22(27)20-10-7-8-11-21(20)23(24,25)26/h7-8,10-15,22,27H,2-6,9,16-17H2,1H3. The average Bonchev–Trinajstić information content (AvgIpc) is 2.68. The van der Waals surface area contributed by atoms with Gasteiger partial charge in [0.15, 0.2) is 0 Å². The molecule has 0 heterocycles. The van der Waals surface area contributed by atoms with Crippen LogP contribution < -0.4 is 10.5 Å². The summed E-state index contributed by atoms with van der Waals surface area (Å²) in [4.78, 5) is 0. The maximum Gasteiger partial charge on any atom is 0.416 e. The van der Waals surface area contributed by atoms with Gasteiger partial charge in [0, 0.05) is 0 Å². The highest BCUT2D eigenvalue weighted by Gasteiger charge is 2.34. The van der Waals surface area contributed by atoms with Crippen LogP contribution in [0.3, 0.4) is 0 Å². The van der Waals surface area contributed by atoms with Crippen LogP contribution in [0.5, 0.6) is 5.75 Å². The molecule has 0 saturated heterocycles. The lowest BCUT2D eigenvalue weighted by molar-refractivity contribution is -0.138. The molecule has 0 aliphatic heterocycles. The fourth-order valence-electron chi connectivity index (χ4n) is 3.20. The zero-order chi connectivity index (χ0) is 20.4. The Bertz CT molecular complexity index is 698. The van der Waals surface area contributed by atoms with Gasteiger partial charge in [-0.2, -0.15) is 13.2 Å². The minimum absolute atomic E-state index is 0.0124. The summed E-state index contributed by atoms with van der Waals surface area (Å²) in [5, 5.41) is 0. The van der Waals surface area contributed by atoms with Crippen LogP contribution in [0.25, 0.3) is 0 Å². The summed E-state index contributed by atoms with van der Waals surface area (Å²) in [6.45, 7) is 2.87. The quantitative estimate of drug-likeness (QED) is 0.379. The van der Waals surface area contributed by atoms with Crippen molar-refractivity contribution in [3.63, 3.8) is 0 Å². The Morgan fingerprint density at radius 3 is 2.21 bits per heavy atom. The maximum atomic E-state index is 13.1. The summed E-state index contributed by atoms with van der Waals surface area (Å²) in [7, 11) is 0. The van der Waals surface area contributed by atoms with Crippen LogP contribution in [-0.4, -0.2) is 6.61 Å². The Labute approximate surface area is 165 Å². The van der Waals surface area contributed by atoms with Crippen LogP contribution in [0.15, 0.2) is 48.5 Å². The van der Waals surface area contributed by atoms with E-state index in [9.17, 15) is 13.2 Å². The van der Waals surface area contributed by atoms with Crippen molar-refractivity contribution in [2.45, 2.75) is 64.1 Å². The molecule has 0 aliphatic rings. The molecule has 0 saturated carbocycles. The Morgan fingerprint density at radius 2 is 1.54 bits per heavy atom. The highest BCUT2D eigenvalue weighted by Crippen LogP contribution is 2.35. The first-order valence-electron chi connectivity index (χ1n) is 10.0. The third-order valence-corrected chi connectivity index (χ3v) is 4.77. The van der Waals surface area contributed by atoms with Gasteiger partial charge in [0.2, 0.25) is 0 Å². The molecule has 28 heavy (non-hydrogen) atoms. The highest BCUT2D eigenvalue weighted by molar-refractivity contribution is 5.34. The largest absolute Gasteiger partial charge is 0.494 e. The van der Waals surface area contributed by atoms with Gasteiger partial charge in [-0.05, 0) is 42.2 Å². The first-order chi connectivity index (χ1) is 13.4. The van der Waals surface area contributed by atoms with E-state index in [0.29, 0.717) is 6.61 Å². The van der Waals surface area contributed by atoms with Crippen LogP contribution in [-0.2, 0) is 12.6 Å². The molecule has 2 aromatic carbocycles. The molecule has 0 aromatic heterocycles. The molecule has 0 bridgehead atoms. The van der Waals surface area contributed by atoms with Crippen LogP contribution in [0.4, 0.5) is 13.2 Å². The summed E-state index contributed by atoms with van der Waals surface area (Å²) < 4.78 is 45.1. The second-order valence-electron chi connectivity index (χ2n) is 7.10. The molecule has 1 unspecified atom stereocenters. The van der Waals surface area contributed by atoms with Crippen LogP contribution in [0.1, 0.15) is 68.2 Å². The van der Waals surface area contributed by atoms with Crippen molar-refractivity contribution >= 4 is 0 Å². The Balaban J connectivity index is 1.84. The molecule has 153 valence electrons. The van der Waals surface area contributed by atoms with Crippen LogP contribution >= 0.6 is 0 Å². The molecule has 2 aromatic rings. The molecule has 0 fully saturated rings. The monoisotopic (exact) mass is 392 g/mol. The van der Waals surface area contributed by atoms with E-state index in [1.54, 1.807) is 6.07 Å². The van der Waals surface area contributed by atoms with Crippen LogP contribution in [0.2, 0.25) is 0 Å². The van der Waals surface area contributed by atoms with E-state index in [1.807, 2.05) is 24.3 Å². The zero-order valence-corrected chi connectivity index (χ0v) is 16.4. The number of ether oxygens (including phenoxy) is 1. The van der Waals surface area contributed by atoms with E-state index in [-0.39, 0.29) is 12.0 Å². The molecule has 0 amide bonds. The predicted octanol–water partition coefficient (Wildman–Crippen LogP) is 7.01. The number of rotatable bonds is 11. The summed E-state index contributed by atoms with van der Waals surface area (Å²) in [6.07, 6.45) is 3.01. The number of hydrogen-bond donors (Lipinski definition) is 0. The Kier molecular flexibility index (Phi) is 8.84. The molecule has 0 spiro atoms. The number of alkyl halides is 3. The van der Waals surface area contributed by atoms with Gasteiger partial charge in [-0.3, -0.25) is 0 Å². The first-order valence-corrected chi connectivity index (χ1v) is 10.0. The van der Waals surface area contributed by atoms with E-state index >= 15 is 0 Å². The zero-order valence-electron chi connectivity index (χ0n) is 16.4.